The van der Waals surface area contributed by atoms with Crippen molar-refractivity contribution in [2.24, 2.45) is 0 Å². The van der Waals surface area contributed by atoms with E-state index in [4.69, 9.17) is 26.7 Å². The molecule has 0 atom stereocenters. The highest BCUT2D eigenvalue weighted by atomic mass is 32.2. The van der Waals surface area contributed by atoms with Crippen LogP contribution in [0.25, 0.3) is 11.7 Å². The third-order valence-electron chi connectivity index (χ3n) is 5.04. The first-order valence-electron chi connectivity index (χ1n) is 9.60. The van der Waals surface area contributed by atoms with Crippen LogP contribution in [0.4, 0.5) is 5.82 Å². The Hall–Kier alpha value is -2.27. The maximum Gasteiger partial charge on any atom is 0.267 e. The molecule has 0 radical (unpaired) electrons. The number of amides is 1. The molecule has 0 N–H and O–H groups in total. The van der Waals surface area contributed by atoms with Gasteiger partial charge in [-0.1, -0.05) is 30.0 Å². The maximum atomic E-state index is 13.4. The molecule has 2 fully saturated rings. The van der Waals surface area contributed by atoms with E-state index in [1.807, 2.05) is 24.0 Å². The van der Waals surface area contributed by atoms with E-state index in [9.17, 15) is 9.59 Å². The number of carbonyl (C=O) groups excluding carboxylic acids is 1. The van der Waals surface area contributed by atoms with E-state index in [2.05, 4.69) is 0 Å². The molecule has 158 valence electrons. The van der Waals surface area contributed by atoms with Crippen LogP contribution in [-0.4, -0.2) is 71.1 Å². The molecule has 0 bridgehead atoms. The van der Waals surface area contributed by atoms with Gasteiger partial charge in [0, 0.05) is 26.4 Å². The van der Waals surface area contributed by atoms with Gasteiger partial charge in [0.15, 0.2) is 0 Å². The summed E-state index contributed by atoms with van der Waals surface area (Å²) in [5, 5.41) is 0. The fraction of sp³-hybridized carbons (Fsp3) is 0.400. The van der Waals surface area contributed by atoms with Crippen LogP contribution in [0.2, 0.25) is 0 Å². The fourth-order valence-electron chi connectivity index (χ4n) is 3.45. The zero-order chi connectivity index (χ0) is 21.3. The Morgan fingerprint density at radius 2 is 2.10 bits per heavy atom. The summed E-state index contributed by atoms with van der Waals surface area (Å²) in [5.74, 6) is 0.350. The quantitative estimate of drug-likeness (QED) is 0.507. The number of aromatic nitrogens is 2. The molecule has 0 spiro atoms. The van der Waals surface area contributed by atoms with Gasteiger partial charge in [0.25, 0.3) is 11.5 Å². The number of anilines is 1. The molecule has 0 aliphatic carbocycles. The number of thioether (sulfide) groups is 1. The summed E-state index contributed by atoms with van der Waals surface area (Å²) in [7, 11) is 1.58. The predicted molar refractivity (Wildman–Crippen MR) is 121 cm³/mol. The molecule has 2 saturated heterocycles. The van der Waals surface area contributed by atoms with Crippen LogP contribution in [0.3, 0.4) is 0 Å². The number of nitrogens with zero attached hydrogens (tertiary/aromatic N) is 4. The number of pyridine rings is 1. The van der Waals surface area contributed by atoms with Gasteiger partial charge in [-0.25, -0.2) is 4.98 Å². The van der Waals surface area contributed by atoms with Crippen LogP contribution in [0.5, 0.6) is 0 Å². The van der Waals surface area contributed by atoms with Crippen molar-refractivity contribution in [2.75, 3.05) is 51.5 Å². The van der Waals surface area contributed by atoms with Crippen molar-refractivity contribution < 1.29 is 14.3 Å². The van der Waals surface area contributed by atoms with Crippen molar-refractivity contribution in [1.29, 1.82) is 0 Å². The Kier molecular flexibility index (Phi) is 6.19. The van der Waals surface area contributed by atoms with Gasteiger partial charge in [-0.3, -0.25) is 18.9 Å². The lowest BCUT2D eigenvalue weighted by molar-refractivity contribution is -0.122. The highest BCUT2D eigenvalue weighted by Gasteiger charge is 2.32. The number of rotatable bonds is 5. The molecule has 30 heavy (non-hydrogen) atoms. The monoisotopic (exact) mass is 446 g/mol. The summed E-state index contributed by atoms with van der Waals surface area (Å²) in [6, 6.07) is 3.74. The average Bonchev–Trinajstić information content (AvgIpc) is 3.02. The molecule has 4 heterocycles. The second-order valence-corrected chi connectivity index (χ2v) is 8.64. The highest BCUT2D eigenvalue weighted by molar-refractivity contribution is 8.26. The lowest BCUT2D eigenvalue weighted by atomic mass is 10.2. The number of ether oxygens (including phenoxy) is 2. The summed E-state index contributed by atoms with van der Waals surface area (Å²) < 4.78 is 12.5. The van der Waals surface area contributed by atoms with E-state index >= 15 is 0 Å². The largest absolute Gasteiger partial charge is 0.383 e. The van der Waals surface area contributed by atoms with E-state index in [0.29, 0.717) is 65.7 Å². The van der Waals surface area contributed by atoms with Gasteiger partial charge in [-0.15, -0.1) is 0 Å². The van der Waals surface area contributed by atoms with Gasteiger partial charge >= 0.3 is 0 Å². The standard InChI is InChI=1S/C20H22N4O4S2/c1-13-4-3-5-23-16(13)21-17(22-6-10-28-11-7-22)14(18(23)25)12-15-19(26)24(8-9-27-2)20(29)30-15/h3-5,12H,6-11H2,1-2H3/b15-12+. The average molecular weight is 447 g/mol. The third-order valence-corrected chi connectivity index (χ3v) is 6.42. The highest BCUT2D eigenvalue weighted by Crippen LogP contribution is 2.33. The molecule has 10 heteroatoms. The minimum atomic E-state index is -0.219. The maximum absolute atomic E-state index is 13.4. The number of methoxy groups -OCH3 is 1. The molecule has 2 aromatic rings. The zero-order valence-electron chi connectivity index (χ0n) is 16.8. The number of hydrogen-bond acceptors (Lipinski definition) is 8. The van der Waals surface area contributed by atoms with Crippen LogP contribution in [0, 0.1) is 6.92 Å². The minimum Gasteiger partial charge on any atom is -0.383 e. The Labute approximate surface area is 183 Å². The zero-order valence-corrected chi connectivity index (χ0v) is 18.4. The number of thiocarbonyl (C=S) groups is 1. The fourth-order valence-corrected chi connectivity index (χ4v) is 4.74. The van der Waals surface area contributed by atoms with Crippen molar-refractivity contribution in [3.8, 4) is 0 Å². The summed E-state index contributed by atoms with van der Waals surface area (Å²) in [6.45, 7) is 5.07. The van der Waals surface area contributed by atoms with Crippen LogP contribution in [0.1, 0.15) is 11.1 Å². The van der Waals surface area contributed by atoms with Gasteiger partial charge in [0.2, 0.25) is 0 Å². The van der Waals surface area contributed by atoms with E-state index in [-0.39, 0.29) is 11.5 Å². The smallest absolute Gasteiger partial charge is 0.267 e. The molecule has 8 nitrogen and oxygen atoms in total. The second kappa shape index (κ2) is 8.84. The van der Waals surface area contributed by atoms with E-state index in [0.717, 1.165) is 5.56 Å². The molecule has 4 rings (SSSR count). The van der Waals surface area contributed by atoms with Crippen molar-refractivity contribution in [2.45, 2.75) is 6.92 Å². The van der Waals surface area contributed by atoms with E-state index in [1.165, 1.54) is 21.1 Å². The van der Waals surface area contributed by atoms with Gasteiger partial charge in [0.1, 0.15) is 15.8 Å². The molecule has 2 aromatic heterocycles. The first kappa shape index (κ1) is 21.0. The van der Waals surface area contributed by atoms with Gasteiger partial charge in [-0.2, -0.15) is 0 Å². The molecule has 1 amide bonds. The number of carbonyl (C=O) groups is 1. The van der Waals surface area contributed by atoms with Crippen molar-refractivity contribution in [3.05, 3.63) is 44.7 Å². The Balaban J connectivity index is 1.84. The molecule has 0 aromatic carbocycles. The first-order valence-corrected chi connectivity index (χ1v) is 10.8. The Morgan fingerprint density at radius 3 is 2.83 bits per heavy atom. The molecular formula is C20H22N4O4S2. The van der Waals surface area contributed by atoms with Gasteiger partial charge in [0.05, 0.1) is 36.8 Å². The van der Waals surface area contributed by atoms with Crippen molar-refractivity contribution in [1.82, 2.24) is 14.3 Å². The topological polar surface area (TPSA) is 76.4 Å². The summed E-state index contributed by atoms with van der Waals surface area (Å²) in [6.07, 6.45) is 3.32. The number of morpholine rings is 1. The van der Waals surface area contributed by atoms with Gasteiger partial charge in [-0.05, 0) is 24.6 Å². The second-order valence-electron chi connectivity index (χ2n) is 6.96. The van der Waals surface area contributed by atoms with E-state index in [1.54, 1.807) is 19.4 Å². The van der Waals surface area contributed by atoms with E-state index < -0.39 is 0 Å². The lowest BCUT2D eigenvalue weighted by Crippen LogP contribution is -2.38. The molecule has 0 saturated carbocycles. The minimum absolute atomic E-state index is 0.215. The van der Waals surface area contributed by atoms with Crippen molar-refractivity contribution >= 4 is 51.7 Å². The van der Waals surface area contributed by atoms with Crippen LogP contribution in [0.15, 0.2) is 28.0 Å². The lowest BCUT2D eigenvalue weighted by Gasteiger charge is -2.29. The summed E-state index contributed by atoms with van der Waals surface area (Å²) in [5.41, 5.74) is 1.68. The Bertz CT molecular complexity index is 1090. The number of aryl methyl sites for hydroxylation is 1. The van der Waals surface area contributed by atoms with Gasteiger partial charge < -0.3 is 14.4 Å². The molecule has 0 unspecified atom stereocenters. The molecule has 2 aliphatic rings. The van der Waals surface area contributed by atoms with Crippen LogP contribution in [-0.2, 0) is 14.3 Å². The number of hydrogen-bond donors (Lipinski definition) is 0. The first-order chi connectivity index (χ1) is 14.5. The van der Waals surface area contributed by atoms with Crippen LogP contribution < -0.4 is 10.5 Å². The molecule has 2 aliphatic heterocycles. The summed E-state index contributed by atoms with van der Waals surface area (Å²) >= 11 is 6.55. The van der Waals surface area contributed by atoms with Crippen molar-refractivity contribution in [3.63, 3.8) is 0 Å². The predicted octanol–water partition coefficient (Wildman–Crippen LogP) is 1.69. The summed E-state index contributed by atoms with van der Waals surface area (Å²) in [4.78, 5) is 35.0. The normalized spacial score (nSPS) is 18.8. The molecular weight excluding hydrogens is 424 g/mol. The third kappa shape index (κ3) is 3.87. The Morgan fingerprint density at radius 1 is 1.33 bits per heavy atom. The SMILES string of the molecule is COCCN1C(=O)/C(=C\c2c(N3CCOCC3)nc3c(C)cccn3c2=O)SC1=S. The van der Waals surface area contributed by atoms with Crippen LogP contribution >= 0.6 is 24.0 Å². The number of fused-ring (bicyclic) bond motifs is 1.